The predicted molar refractivity (Wildman–Crippen MR) is 71.1 cm³/mol. The standard InChI is InChI=1S/C13H16N4O/c1-13(2,7-11(14)18)17-12-8-15-9-5-3-4-6-10(9)16-12/h3-6,8H,7H2,1-2H3,(H2,14,18)(H,16,17). The van der Waals surface area contributed by atoms with Crippen molar-refractivity contribution in [2.45, 2.75) is 25.8 Å². The third kappa shape index (κ3) is 2.94. The molecule has 1 aromatic carbocycles. The normalized spacial score (nSPS) is 11.4. The van der Waals surface area contributed by atoms with Crippen molar-refractivity contribution in [2.75, 3.05) is 5.32 Å². The number of fused-ring (bicyclic) bond motifs is 1. The average Bonchev–Trinajstić information content (AvgIpc) is 2.26. The average molecular weight is 244 g/mol. The molecular weight excluding hydrogens is 228 g/mol. The molecule has 0 spiro atoms. The van der Waals surface area contributed by atoms with E-state index in [1.165, 1.54) is 0 Å². The second kappa shape index (κ2) is 4.60. The van der Waals surface area contributed by atoms with E-state index in [0.29, 0.717) is 5.82 Å². The van der Waals surface area contributed by atoms with Crippen LogP contribution >= 0.6 is 0 Å². The van der Waals surface area contributed by atoms with Crippen LogP contribution in [0.1, 0.15) is 20.3 Å². The van der Waals surface area contributed by atoms with Gasteiger partial charge in [0.25, 0.3) is 0 Å². The third-order valence-electron chi connectivity index (χ3n) is 2.53. The summed E-state index contributed by atoms with van der Waals surface area (Å²) in [6.45, 7) is 3.79. The van der Waals surface area contributed by atoms with Crippen LogP contribution in [-0.2, 0) is 4.79 Å². The van der Waals surface area contributed by atoms with Crippen LogP contribution in [-0.4, -0.2) is 21.4 Å². The highest BCUT2D eigenvalue weighted by Crippen LogP contribution is 2.17. The van der Waals surface area contributed by atoms with E-state index in [1.807, 2.05) is 38.1 Å². The monoisotopic (exact) mass is 244 g/mol. The number of nitrogens with zero attached hydrogens (tertiary/aromatic N) is 2. The Morgan fingerprint density at radius 2 is 2.00 bits per heavy atom. The summed E-state index contributed by atoms with van der Waals surface area (Å²) >= 11 is 0. The summed E-state index contributed by atoms with van der Waals surface area (Å²) in [5, 5.41) is 3.17. The summed E-state index contributed by atoms with van der Waals surface area (Å²) in [6.07, 6.45) is 1.90. The van der Waals surface area contributed by atoms with E-state index in [1.54, 1.807) is 6.20 Å². The molecule has 0 aliphatic heterocycles. The summed E-state index contributed by atoms with van der Waals surface area (Å²) in [7, 11) is 0. The zero-order valence-electron chi connectivity index (χ0n) is 10.5. The first kappa shape index (κ1) is 12.3. The lowest BCUT2D eigenvalue weighted by molar-refractivity contribution is -0.118. The molecule has 5 heteroatoms. The minimum absolute atomic E-state index is 0.238. The zero-order chi connectivity index (χ0) is 13.2. The number of amides is 1. The lowest BCUT2D eigenvalue weighted by Gasteiger charge is -2.25. The molecule has 1 heterocycles. The topological polar surface area (TPSA) is 80.9 Å². The Hall–Kier alpha value is -2.17. The number of nitrogens with two attached hydrogens (primary N) is 1. The first-order chi connectivity index (χ1) is 8.46. The molecule has 5 nitrogen and oxygen atoms in total. The molecule has 2 rings (SSSR count). The molecule has 94 valence electrons. The number of hydrogen-bond acceptors (Lipinski definition) is 4. The Bertz CT molecular complexity index is 580. The minimum atomic E-state index is -0.441. The third-order valence-corrected chi connectivity index (χ3v) is 2.53. The molecule has 0 saturated carbocycles. The van der Waals surface area contributed by atoms with Crippen LogP contribution in [0.4, 0.5) is 5.82 Å². The van der Waals surface area contributed by atoms with Crippen LogP contribution in [0.25, 0.3) is 11.0 Å². The second-order valence-electron chi connectivity index (χ2n) is 4.90. The van der Waals surface area contributed by atoms with Crippen molar-refractivity contribution < 1.29 is 4.79 Å². The lowest BCUT2D eigenvalue weighted by Crippen LogP contribution is -2.36. The van der Waals surface area contributed by atoms with Crippen molar-refractivity contribution in [1.29, 1.82) is 0 Å². The van der Waals surface area contributed by atoms with Crippen LogP contribution in [0.2, 0.25) is 0 Å². The van der Waals surface area contributed by atoms with Gasteiger partial charge in [-0.25, -0.2) is 4.98 Å². The fraction of sp³-hybridized carbons (Fsp3) is 0.308. The van der Waals surface area contributed by atoms with Crippen molar-refractivity contribution in [3.05, 3.63) is 30.5 Å². The van der Waals surface area contributed by atoms with Gasteiger partial charge in [0.05, 0.1) is 17.2 Å². The van der Waals surface area contributed by atoms with Crippen molar-refractivity contribution in [3.63, 3.8) is 0 Å². The molecule has 0 fully saturated rings. The number of benzene rings is 1. The Labute approximate surface area is 105 Å². The minimum Gasteiger partial charge on any atom is -0.370 e. The van der Waals surface area contributed by atoms with Gasteiger partial charge in [-0.1, -0.05) is 12.1 Å². The van der Waals surface area contributed by atoms with E-state index in [4.69, 9.17) is 5.73 Å². The Morgan fingerprint density at radius 1 is 1.33 bits per heavy atom. The van der Waals surface area contributed by atoms with E-state index in [2.05, 4.69) is 15.3 Å². The van der Waals surface area contributed by atoms with Gasteiger partial charge < -0.3 is 11.1 Å². The summed E-state index contributed by atoms with van der Waals surface area (Å²) in [5.74, 6) is 0.293. The van der Waals surface area contributed by atoms with Crippen molar-refractivity contribution in [3.8, 4) is 0 Å². The fourth-order valence-electron chi connectivity index (χ4n) is 1.84. The Morgan fingerprint density at radius 3 is 2.67 bits per heavy atom. The summed E-state index contributed by atoms with van der Waals surface area (Å²) < 4.78 is 0. The molecule has 3 N–H and O–H groups in total. The molecule has 0 atom stereocenters. The van der Waals surface area contributed by atoms with Crippen LogP contribution in [0.3, 0.4) is 0 Å². The molecule has 0 aliphatic carbocycles. The van der Waals surface area contributed by atoms with Gasteiger partial charge in [0.2, 0.25) is 5.91 Å². The number of anilines is 1. The first-order valence-corrected chi connectivity index (χ1v) is 5.74. The number of rotatable bonds is 4. The number of para-hydroxylation sites is 2. The maximum absolute atomic E-state index is 11.0. The Balaban J connectivity index is 2.24. The molecule has 1 amide bonds. The zero-order valence-corrected chi connectivity index (χ0v) is 10.5. The van der Waals surface area contributed by atoms with Gasteiger partial charge in [0.15, 0.2) is 0 Å². The van der Waals surface area contributed by atoms with E-state index >= 15 is 0 Å². The number of primary amides is 1. The highest BCUT2D eigenvalue weighted by Gasteiger charge is 2.20. The van der Waals surface area contributed by atoms with Gasteiger partial charge in [-0.15, -0.1) is 0 Å². The van der Waals surface area contributed by atoms with Crippen molar-refractivity contribution >= 4 is 22.8 Å². The van der Waals surface area contributed by atoms with Gasteiger partial charge in [-0.2, -0.15) is 0 Å². The van der Waals surface area contributed by atoms with Crippen LogP contribution in [0.15, 0.2) is 30.5 Å². The summed E-state index contributed by atoms with van der Waals surface area (Å²) in [5.41, 5.74) is 6.43. The molecular formula is C13H16N4O. The van der Waals surface area contributed by atoms with Crippen molar-refractivity contribution in [1.82, 2.24) is 9.97 Å². The van der Waals surface area contributed by atoms with Gasteiger partial charge in [-0.3, -0.25) is 9.78 Å². The second-order valence-corrected chi connectivity index (χ2v) is 4.90. The molecule has 18 heavy (non-hydrogen) atoms. The van der Waals surface area contributed by atoms with Crippen molar-refractivity contribution in [2.24, 2.45) is 5.73 Å². The van der Waals surface area contributed by atoms with Crippen LogP contribution in [0.5, 0.6) is 0 Å². The molecule has 2 aromatic rings. The van der Waals surface area contributed by atoms with E-state index in [9.17, 15) is 4.79 Å². The number of hydrogen-bond donors (Lipinski definition) is 2. The SMILES string of the molecule is CC(C)(CC(N)=O)Nc1cnc2ccccc2n1. The Kier molecular flexibility index (Phi) is 3.14. The quantitative estimate of drug-likeness (QED) is 0.857. The number of carbonyl (C=O) groups is 1. The van der Waals surface area contributed by atoms with Gasteiger partial charge in [0.1, 0.15) is 5.82 Å². The molecule has 0 bridgehead atoms. The van der Waals surface area contributed by atoms with E-state index in [0.717, 1.165) is 11.0 Å². The van der Waals surface area contributed by atoms with Gasteiger partial charge in [-0.05, 0) is 26.0 Å². The van der Waals surface area contributed by atoms with Gasteiger partial charge in [0, 0.05) is 12.0 Å². The van der Waals surface area contributed by atoms with Crippen LogP contribution in [0, 0.1) is 0 Å². The molecule has 0 aliphatic rings. The highest BCUT2D eigenvalue weighted by molar-refractivity contribution is 5.77. The van der Waals surface area contributed by atoms with Crippen LogP contribution < -0.4 is 11.1 Å². The fourth-order valence-corrected chi connectivity index (χ4v) is 1.84. The number of nitrogens with one attached hydrogen (secondary N) is 1. The molecule has 0 unspecified atom stereocenters. The number of aromatic nitrogens is 2. The summed E-state index contributed by atoms with van der Waals surface area (Å²) in [6, 6.07) is 7.63. The predicted octanol–water partition coefficient (Wildman–Crippen LogP) is 1.70. The molecule has 0 radical (unpaired) electrons. The maximum Gasteiger partial charge on any atom is 0.219 e. The first-order valence-electron chi connectivity index (χ1n) is 5.74. The lowest BCUT2D eigenvalue weighted by atomic mass is 10.0. The smallest absolute Gasteiger partial charge is 0.219 e. The van der Waals surface area contributed by atoms with E-state index in [-0.39, 0.29) is 12.3 Å². The number of carbonyl (C=O) groups excluding carboxylic acids is 1. The summed E-state index contributed by atoms with van der Waals surface area (Å²) in [4.78, 5) is 19.7. The van der Waals surface area contributed by atoms with Gasteiger partial charge >= 0.3 is 0 Å². The molecule has 1 aromatic heterocycles. The highest BCUT2D eigenvalue weighted by atomic mass is 16.1. The van der Waals surface area contributed by atoms with E-state index < -0.39 is 5.54 Å². The maximum atomic E-state index is 11.0. The largest absolute Gasteiger partial charge is 0.370 e. The molecule has 0 saturated heterocycles.